The molecule has 0 aliphatic carbocycles. The molecule has 122 valence electrons. The van der Waals surface area contributed by atoms with Gasteiger partial charge in [-0.05, 0) is 29.3 Å². The number of rotatable bonds is 5. The number of halogens is 1. The van der Waals surface area contributed by atoms with Gasteiger partial charge >= 0.3 is 0 Å². The van der Waals surface area contributed by atoms with Crippen molar-refractivity contribution in [1.29, 1.82) is 0 Å². The fourth-order valence-corrected chi connectivity index (χ4v) is 2.63. The van der Waals surface area contributed by atoms with E-state index < -0.39 is 0 Å². The standard InChI is InChI=1S/C18H17BrN4O/c1-23-12-16(11-22-23)15-6-14(8-20-10-15)9-21-18(24)7-13-2-4-17(19)5-3-13/h2-6,8,10-12H,7,9H2,1H3,(H,21,24). The van der Waals surface area contributed by atoms with Gasteiger partial charge < -0.3 is 5.32 Å². The molecule has 0 spiro atoms. The van der Waals surface area contributed by atoms with Crippen molar-refractivity contribution in [3.05, 3.63) is 70.7 Å². The first-order valence-electron chi connectivity index (χ1n) is 7.54. The summed E-state index contributed by atoms with van der Waals surface area (Å²) < 4.78 is 2.76. The Hall–Kier alpha value is -2.47. The second-order valence-electron chi connectivity index (χ2n) is 5.56. The molecule has 0 aliphatic heterocycles. The summed E-state index contributed by atoms with van der Waals surface area (Å²) in [4.78, 5) is 16.3. The van der Waals surface area contributed by atoms with Crippen LogP contribution in [0, 0.1) is 0 Å². The number of amides is 1. The Balaban J connectivity index is 1.60. The van der Waals surface area contributed by atoms with Crippen LogP contribution in [0.25, 0.3) is 11.1 Å². The summed E-state index contributed by atoms with van der Waals surface area (Å²) in [6.45, 7) is 0.455. The number of carbonyl (C=O) groups excluding carboxylic acids is 1. The molecule has 2 aromatic heterocycles. The molecule has 2 heterocycles. The highest BCUT2D eigenvalue weighted by Gasteiger charge is 2.06. The van der Waals surface area contributed by atoms with Crippen LogP contribution in [0.4, 0.5) is 0 Å². The third-order valence-corrected chi connectivity index (χ3v) is 4.13. The normalized spacial score (nSPS) is 10.6. The average Bonchev–Trinajstić information content (AvgIpc) is 3.02. The Bertz CT molecular complexity index is 842. The lowest BCUT2D eigenvalue weighted by Gasteiger charge is -2.07. The van der Waals surface area contributed by atoms with Gasteiger partial charge in [-0.15, -0.1) is 0 Å². The second kappa shape index (κ2) is 7.40. The molecule has 0 fully saturated rings. The molecule has 3 rings (SSSR count). The van der Waals surface area contributed by atoms with Crippen molar-refractivity contribution < 1.29 is 4.79 Å². The lowest BCUT2D eigenvalue weighted by molar-refractivity contribution is -0.120. The minimum absolute atomic E-state index is 0.0101. The quantitative estimate of drug-likeness (QED) is 0.734. The molecular formula is C18H17BrN4O. The number of hydrogen-bond acceptors (Lipinski definition) is 3. The maximum atomic E-state index is 12.1. The molecule has 1 N–H and O–H groups in total. The highest BCUT2D eigenvalue weighted by Crippen LogP contribution is 2.18. The van der Waals surface area contributed by atoms with Gasteiger partial charge in [0.1, 0.15) is 0 Å². The lowest BCUT2D eigenvalue weighted by atomic mass is 10.1. The minimum atomic E-state index is -0.0101. The first-order valence-corrected chi connectivity index (χ1v) is 8.33. The van der Waals surface area contributed by atoms with Crippen LogP contribution in [0.3, 0.4) is 0 Å². The van der Waals surface area contributed by atoms with Gasteiger partial charge in [0.05, 0.1) is 12.6 Å². The molecule has 0 atom stereocenters. The van der Waals surface area contributed by atoms with Gasteiger partial charge in [0.2, 0.25) is 5.91 Å². The van der Waals surface area contributed by atoms with Crippen molar-refractivity contribution in [1.82, 2.24) is 20.1 Å². The summed E-state index contributed by atoms with van der Waals surface area (Å²) in [5.41, 5.74) is 3.94. The Kier molecular flexibility index (Phi) is 5.05. The average molecular weight is 385 g/mol. The summed E-state index contributed by atoms with van der Waals surface area (Å²) in [7, 11) is 1.88. The number of nitrogens with zero attached hydrogens (tertiary/aromatic N) is 3. The molecule has 0 radical (unpaired) electrons. The van der Waals surface area contributed by atoms with Gasteiger partial charge in [-0.2, -0.15) is 5.10 Å². The van der Waals surface area contributed by atoms with Crippen molar-refractivity contribution in [2.75, 3.05) is 0 Å². The number of pyridine rings is 1. The molecule has 1 amide bonds. The molecule has 0 saturated carbocycles. The number of aromatic nitrogens is 3. The second-order valence-corrected chi connectivity index (χ2v) is 6.48. The van der Waals surface area contributed by atoms with Crippen molar-refractivity contribution >= 4 is 21.8 Å². The zero-order valence-corrected chi connectivity index (χ0v) is 14.8. The van der Waals surface area contributed by atoms with E-state index in [-0.39, 0.29) is 5.91 Å². The van der Waals surface area contributed by atoms with E-state index in [4.69, 9.17) is 0 Å². The fraction of sp³-hybridized carbons (Fsp3) is 0.167. The zero-order chi connectivity index (χ0) is 16.9. The topological polar surface area (TPSA) is 59.8 Å². The van der Waals surface area contributed by atoms with E-state index in [1.54, 1.807) is 23.3 Å². The van der Waals surface area contributed by atoms with Crippen LogP contribution >= 0.6 is 15.9 Å². The maximum absolute atomic E-state index is 12.1. The van der Waals surface area contributed by atoms with Gasteiger partial charge in [0, 0.05) is 47.8 Å². The van der Waals surface area contributed by atoms with Crippen LogP contribution in [0.5, 0.6) is 0 Å². The van der Waals surface area contributed by atoms with Gasteiger partial charge in [-0.3, -0.25) is 14.5 Å². The Morgan fingerprint density at radius 1 is 1.12 bits per heavy atom. The third kappa shape index (κ3) is 4.29. The first kappa shape index (κ1) is 16.4. The van der Waals surface area contributed by atoms with Crippen LogP contribution in [-0.4, -0.2) is 20.7 Å². The third-order valence-electron chi connectivity index (χ3n) is 3.60. The van der Waals surface area contributed by atoms with Gasteiger partial charge in [-0.1, -0.05) is 28.1 Å². The molecule has 24 heavy (non-hydrogen) atoms. The molecule has 3 aromatic rings. The van der Waals surface area contributed by atoms with Crippen LogP contribution in [0.1, 0.15) is 11.1 Å². The largest absolute Gasteiger partial charge is 0.352 e. The van der Waals surface area contributed by atoms with Gasteiger partial charge in [-0.25, -0.2) is 0 Å². The Morgan fingerprint density at radius 2 is 1.92 bits per heavy atom. The van der Waals surface area contributed by atoms with E-state index in [2.05, 4.69) is 31.3 Å². The smallest absolute Gasteiger partial charge is 0.224 e. The molecule has 6 heteroatoms. The number of carbonyl (C=O) groups is 1. The predicted molar refractivity (Wildman–Crippen MR) is 96.1 cm³/mol. The van der Waals surface area contributed by atoms with E-state index in [0.29, 0.717) is 13.0 Å². The van der Waals surface area contributed by atoms with E-state index in [9.17, 15) is 4.79 Å². The zero-order valence-electron chi connectivity index (χ0n) is 13.2. The number of hydrogen-bond donors (Lipinski definition) is 1. The molecule has 5 nitrogen and oxygen atoms in total. The molecular weight excluding hydrogens is 368 g/mol. The van der Waals surface area contributed by atoms with Gasteiger partial charge in [0.15, 0.2) is 0 Å². The van der Waals surface area contributed by atoms with E-state index >= 15 is 0 Å². The van der Waals surface area contributed by atoms with Crippen molar-refractivity contribution in [2.45, 2.75) is 13.0 Å². The van der Waals surface area contributed by atoms with Crippen molar-refractivity contribution in [2.24, 2.45) is 7.05 Å². The number of benzene rings is 1. The minimum Gasteiger partial charge on any atom is -0.352 e. The van der Waals surface area contributed by atoms with Crippen molar-refractivity contribution in [3.63, 3.8) is 0 Å². The molecule has 0 aliphatic rings. The maximum Gasteiger partial charge on any atom is 0.224 e. The van der Waals surface area contributed by atoms with Crippen molar-refractivity contribution in [3.8, 4) is 11.1 Å². The number of nitrogens with one attached hydrogen (secondary N) is 1. The fourth-order valence-electron chi connectivity index (χ4n) is 2.36. The lowest BCUT2D eigenvalue weighted by Crippen LogP contribution is -2.24. The van der Waals surface area contributed by atoms with Crippen LogP contribution < -0.4 is 5.32 Å². The Morgan fingerprint density at radius 3 is 2.62 bits per heavy atom. The predicted octanol–water partition coefficient (Wildman–Crippen LogP) is 3.10. The molecule has 0 bridgehead atoms. The van der Waals surface area contributed by atoms with Crippen LogP contribution in [0.15, 0.2) is 59.6 Å². The summed E-state index contributed by atoms with van der Waals surface area (Å²) in [5.74, 6) is -0.0101. The molecule has 0 unspecified atom stereocenters. The summed E-state index contributed by atoms with van der Waals surface area (Å²) in [5, 5.41) is 7.10. The van der Waals surface area contributed by atoms with E-state index in [1.807, 2.05) is 43.6 Å². The van der Waals surface area contributed by atoms with Crippen LogP contribution in [-0.2, 0) is 24.8 Å². The highest BCUT2D eigenvalue weighted by atomic mass is 79.9. The Labute approximate surface area is 148 Å². The van der Waals surface area contributed by atoms with Crippen LogP contribution in [0.2, 0.25) is 0 Å². The van der Waals surface area contributed by atoms with Gasteiger partial charge in [0.25, 0.3) is 0 Å². The summed E-state index contributed by atoms with van der Waals surface area (Å²) in [6.07, 6.45) is 7.66. The first-order chi connectivity index (χ1) is 11.6. The van der Waals surface area contributed by atoms with E-state index in [0.717, 1.165) is 26.7 Å². The monoisotopic (exact) mass is 384 g/mol. The molecule has 0 saturated heterocycles. The molecule has 1 aromatic carbocycles. The highest BCUT2D eigenvalue weighted by molar-refractivity contribution is 9.10. The SMILES string of the molecule is Cn1cc(-c2cncc(CNC(=O)Cc3ccc(Br)cc3)c2)cn1. The number of aryl methyl sites for hydroxylation is 1. The summed E-state index contributed by atoms with van der Waals surface area (Å²) >= 11 is 3.39. The van der Waals surface area contributed by atoms with E-state index in [1.165, 1.54) is 0 Å². The summed E-state index contributed by atoms with van der Waals surface area (Å²) in [6, 6.07) is 9.76.